The number of anilines is 1. The number of nitrogens with zero attached hydrogens (tertiary/aromatic N) is 2. The number of amidine groups is 1. The molecule has 0 radical (unpaired) electrons. The molecule has 5 rings (SSSR count). The van der Waals surface area contributed by atoms with Gasteiger partial charge < -0.3 is 10.1 Å². The van der Waals surface area contributed by atoms with E-state index in [0.29, 0.717) is 34.1 Å². The molecule has 3 aromatic carbocycles. The van der Waals surface area contributed by atoms with E-state index in [9.17, 15) is 13.2 Å². The number of rotatable bonds is 5. The lowest BCUT2D eigenvalue weighted by Gasteiger charge is -2.27. The third-order valence-electron chi connectivity index (χ3n) is 6.08. The lowest BCUT2D eigenvalue weighted by molar-refractivity contribution is 0.0731. The Morgan fingerprint density at radius 1 is 1.00 bits per heavy atom. The van der Waals surface area contributed by atoms with Crippen LogP contribution in [0.25, 0.3) is 0 Å². The normalized spacial score (nSPS) is 16.9. The van der Waals surface area contributed by atoms with Gasteiger partial charge in [0.15, 0.2) is 5.84 Å². The van der Waals surface area contributed by atoms with Crippen LogP contribution in [-0.2, 0) is 16.6 Å². The first-order valence-electron chi connectivity index (χ1n) is 11.4. The van der Waals surface area contributed by atoms with Gasteiger partial charge in [-0.3, -0.25) is 4.90 Å². The Morgan fingerprint density at radius 2 is 1.74 bits per heavy atom. The van der Waals surface area contributed by atoms with Gasteiger partial charge in [0.1, 0.15) is 10.6 Å². The van der Waals surface area contributed by atoms with Gasteiger partial charge in [-0.05, 0) is 80.5 Å². The lowest BCUT2D eigenvalue weighted by atomic mass is 10.1. The van der Waals surface area contributed by atoms with Crippen LogP contribution in [0.2, 0.25) is 5.02 Å². The van der Waals surface area contributed by atoms with Crippen LogP contribution in [0.15, 0.2) is 76.0 Å². The monoisotopic (exact) mass is 509 g/mol. The highest BCUT2D eigenvalue weighted by atomic mass is 35.5. The van der Waals surface area contributed by atoms with Gasteiger partial charge in [0.25, 0.3) is 10.0 Å². The molecule has 1 fully saturated rings. The summed E-state index contributed by atoms with van der Waals surface area (Å²) in [7, 11) is -3.73. The Labute approximate surface area is 209 Å². The molecule has 3 aromatic rings. The molecule has 9 heteroatoms. The maximum Gasteiger partial charge on any atom is 0.343 e. The smallest absolute Gasteiger partial charge is 0.343 e. The second kappa shape index (κ2) is 9.81. The molecule has 7 nitrogen and oxygen atoms in total. The summed E-state index contributed by atoms with van der Waals surface area (Å²) in [5.41, 5.74) is 2.42. The van der Waals surface area contributed by atoms with E-state index in [1.807, 2.05) is 6.07 Å². The van der Waals surface area contributed by atoms with Crippen molar-refractivity contribution in [3.63, 3.8) is 0 Å². The van der Waals surface area contributed by atoms with Gasteiger partial charge in [0, 0.05) is 28.4 Å². The van der Waals surface area contributed by atoms with E-state index in [1.165, 1.54) is 6.42 Å². The first-order chi connectivity index (χ1) is 16.9. The molecule has 0 unspecified atom stereocenters. The summed E-state index contributed by atoms with van der Waals surface area (Å²) in [6.07, 6.45) is 3.47. The number of hydrogen-bond donors (Lipinski definition) is 1. The summed E-state index contributed by atoms with van der Waals surface area (Å²) in [5, 5.41) is 3.69. The molecule has 0 amide bonds. The van der Waals surface area contributed by atoms with Crippen molar-refractivity contribution in [3.05, 3.63) is 88.4 Å². The van der Waals surface area contributed by atoms with E-state index in [2.05, 4.69) is 14.6 Å². The average molecular weight is 510 g/mol. The molecular weight excluding hydrogens is 486 g/mol. The maximum absolute atomic E-state index is 12.8. The van der Waals surface area contributed by atoms with Crippen LogP contribution in [0.3, 0.4) is 0 Å². The van der Waals surface area contributed by atoms with Crippen molar-refractivity contribution in [2.45, 2.75) is 30.7 Å². The van der Waals surface area contributed by atoms with Crippen molar-refractivity contribution in [3.8, 4) is 5.75 Å². The van der Waals surface area contributed by atoms with E-state index >= 15 is 0 Å². The fourth-order valence-corrected chi connectivity index (χ4v) is 5.62. The molecule has 1 N–H and O–H groups in total. The number of benzene rings is 3. The third-order valence-corrected chi connectivity index (χ3v) is 7.67. The Bertz CT molecular complexity index is 1400. The molecule has 0 aliphatic carbocycles. The Hall–Kier alpha value is -3.20. The molecular formula is C26H24ClN3O4S. The largest absolute Gasteiger partial charge is 0.423 e. The third kappa shape index (κ3) is 5.24. The van der Waals surface area contributed by atoms with Gasteiger partial charge in [0.2, 0.25) is 0 Å². The van der Waals surface area contributed by atoms with Gasteiger partial charge >= 0.3 is 5.97 Å². The molecule has 2 heterocycles. The van der Waals surface area contributed by atoms with Crippen molar-refractivity contribution >= 4 is 39.1 Å². The van der Waals surface area contributed by atoms with Crippen LogP contribution in [0, 0.1) is 0 Å². The number of carbonyl (C=O) groups is 1. The highest BCUT2D eigenvalue weighted by Gasteiger charge is 2.28. The molecule has 0 bridgehead atoms. The van der Waals surface area contributed by atoms with E-state index < -0.39 is 16.0 Å². The quantitative estimate of drug-likeness (QED) is 0.380. The fourth-order valence-electron chi connectivity index (χ4n) is 4.32. The molecule has 2 aliphatic rings. The number of carbonyl (C=O) groups excluding carboxylic acids is 1. The highest BCUT2D eigenvalue weighted by molar-refractivity contribution is 7.90. The van der Waals surface area contributed by atoms with Crippen molar-refractivity contribution in [2.24, 2.45) is 4.40 Å². The number of fused-ring (bicyclic) bond motifs is 1. The second-order valence-corrected chi connectivity index (χ2v) is 10.6. The summed E-state index contributed by atoms with van der Waals surface area (Å²) < 4.78 is 34.5. The molecule has 0 spiro atoms. The second-order valence-electron chi connectivity index (χ2n) is 8.59. The number of ether oxygens (including phenoxy) is 1. The van der Waals surface area contributed by atoms with Crippen molar-refractivity contribution < 1.29 is 17.9 Å². The number of sulfonamides is 1. The topological polar surface area (TPSA) is 88.1 Å². The first kappa shape index (κ1) is 23.5. The summed E-state index contributed by atoms with van der Waals surface area (Å²) in [6, 6.07) is 18.6. The molecule has 35 heavy (non-hydrogen) atoms. The zero-order valence-electron chi connectivity index (χ0n) is 18.9. The lowest BCUT2D eigenvalue weighted by Crippen LogP contribution is -2.29. The summed E-state index contributed by atoms with van der Waals surface area (Å²) in [4.78, 5) is 15.3. The van der Waals surface area contributed by atoms with Crippen molar-refractivity contribution in [1.29, 1.82) is 0 Å². The van der Waals surface area contributed by atoms with Crippen LogP contribution in [0.4, 0.5) is 5.69 Å². The molecule has 180 valence electrons. The van der Waals surface area contributed by atoms with Crippen molar-refractivity contribution in [1.82, 2.24) is 4.90 Å². The zero-order chi connectivity index (χ0) is 24.4. The number of nitrogens with one attached hydrogen (secondary N) is 1. The maximum atomic E-state index is 12.8. The van der Waals surface area contributed by atoms with Crippen LogP contribution in [0.1, 0.15) is 40.7 Å². The number of esters is 1. The number of hydrogen-bond acceptors (Lipinski definition) is 6. The van der Waals surface area contributed by atoms with Crippen LogP contribution in [0.5, 0.6) is 5.75 Å². The van der Waals surface area contributed by atoms with Gasteiger partial charge in [-0.25, -0.2) is 4.79 Å². The molecule has 0 aromatic heterocycles. The van der Waals surface area contributed by atoms with Crippen LogP contribution in [-0.4, -0.2) is 38.2 Å². The van der Waals surface area contributed by atoms with E-state index in [1.54, 1.807) is 60.7 Å². The number of likely N-dealkylation sites (tertiary alicyclic amines) is 1. The van der Waals surface area contributed by atoms with Gasteiger partial charge in [0.05, 0.1) is 5.56 Å². The molecule has 2 aliphatic heterocycles. The number of piperidine rings is 1. The Balaban J connectivity index is 1.43. The summed E-state index contributed by atoms with van der Waals surface area (Å²) >= 11 is 5.93. The predicted molar refractivity (Wildman–Crippen MR) is 136 cm³/mol. The molecule has 1 saturated heterocycles. The summed E-state index contributed by atoms with van der Waals surface area (Å²) in [6.45, 7) is 2.56. The zero-order valence-corrected chi connectivity index (χ0v) is 20.5. The Kier molecular flexibility index (Phi) is 6.60. The minimum atomic E-state index is -3.73. The summed E-state index contributed by atoms with van der Waals surface area (Å²) in [5.74, 6) is 0.264. The average Bonchev–Trinajstić information content (AvgIpc) is 3.11. The predicted octanol–water partition coefficient (Wildman–Crippen LogP) is 5.11. The van der Waals surface area contributed by atoms with Gasteiger partial charge in [-0.1, -0.05) is 30.2 Å². The van der Waals surface area contributed by atoms with E-state index in [-0.39, 0.29) is 10.7 Å². The fraction of sp³-hybridized carbons (Fsp3) is 0.231. The SMILES string of the molecule is O=C(Oc1ccc(NC2=NS(=O)(=O)c3ccccc32)cc1CN1CCCCC1)c1ccc(Cl)cc1. The number of halogens is 1. The van der Waals surface area contributed by atoms with E-state index in [0.717, 1.165) is 31.5 Å². The Morgan fingerprint density at radius 3 is 2.51 bits per heavy atom. The van der Waals surface area contributed by atoms with Gasteiger partial charge in [-0.15, -0.1) is 4.40 Å². The standard InChI is InChI=1S/C26H24ClN3O4S/c27-20-10-8-18(9-11-20)26(31)34-23-13-12-21(16-19(23)17-30-14-4-1-5-15-30)28-25-22-6-2-3-7-24(22)35(32,33)29-25/h2-3,6-13,16H,1,4-5,14-15,17H2,(H,28,29). The molecule has 0 saturated carbocycles. The van der Waals surface area contributed by atoms with Crippen LogP contribution >= 0.6 is 11.6 Å². The van der Waals surface area contributed by atoms with Crippen LogP contribution < -0.4 is 10.1 Å². The molecule has 0 atom stereocenters. The van der Waals surface area contributed by atoms with E-state index in [4.69, 9.17) is 16.3 Å². The first-order valence-corrected chi connectivity index (χ1v) is 13.3. The highest BCUT2D eigenvalue weighted by Crippen LogP contribution is 2.30. The minimum absolute atomic E-state index is 0.185. The minimum Gasteiger partial charge on any atom is -0.423 e. The van der Waals surface area contributed by atoms with Gasteiger partial charge in [-0.2, -0.15) is 8.42 Å². The van der Waals surface area contributed by atoms with Crippen molar-refractivity contribution in [2.75, 3.05) is 18.4 Å².